The SMILES string of the molecule is O=C(c1ccc(-c2ccccc2)cc1)C1CCCCS1. The molecule has 2 aromatic carbocycles. The molecule has 1 fully saturated rings. The molecule has 20 heavy (non-hydrogen) atoms. The highest BCUT2D eigenvalue weighted by Crippen LogP contribution is 2.28. The topological polar surface area (TPSA) is 17.1 Å². The minimum absolute atomic E-state index is 0.173. The fourth-order valence-electron chi connectivity index (χ4n) is 2.59. The van der Waals surface area contributed by atoms with Crippen molar-refractivity contribution in [3.63, 3.8) is 0 Å². The van der Waals surface area contributed by atoms with E-state index in [1.165, 1.54) is 24.0 Å². The largest absolute Gasteiger partial charge is 0.293 e. The highest BCUT2D eigenvalue weighted by molar-refractivity contribution is 8.00. The Morgan fingerprint density at radius 2 is 1.60 bits per heavy atom. The molecule has 1 atom stereocenters. The van der Waals surface area contributed by atoms with Crippen LogP contribution >= 0.6 is 11.8 Å². The van der Waals surface area contributed by atoms with Crippen LogP contribution in [0.1, 0.15) is 29.6 Å². The van der Waals surface area contributed by atoms with Crippen molar-refractivity contribution in [2.45, 2.75) is 24.5 Å². The van der Waals surface area contributed by atoms with Gasteiger partial charge >= 0.3 is 0 Å². The van der Waals surface area contributed by atoms with Crippen molar-refractivity contribution >= 4 is 17.5 Å². The Morgan fingerprint density at radius 1 is 0.900 bits per heavy atom. The average Bonchev–Trinajstić information content (AvgIpc) is 2.56. The summed E-state index contributed by atoms with van der Waals surface area (Å²) in [6.07, 6.45) is 3.47. The summed E-state index contributed by atoms with van der Waals surface area (Å²) in [5, 5.41) is 0.173. The smallest absolute Gasteiger partial charge is 0.175 e. The molecule has 0 bridgehead atoms. The summed E-state index contributed by atoms with van der Waals surface area (Å²) >= 11 is 1.82. The van der Waals surface area contributed by atoms with Gasteiger partial charge in [0.15, 0.2) is 5.78 Å². The van der Waals surface area contributed by atoms with Crippen LogP contribution in [-0.2, 0) is 0 Å². The van der Waals surface area contributed by atoms with Gasteiger partial charge in [0.2, 0.25) is 0 Å². The van der Waals surface area contributed by atoms with E-state index in [0.717, 1.165) is 17.7 Å². The van der Waals surface area contributed by atoms with E-state index in [0.29, 0.717) is 5.78 Å². The maximum atomic E-state index is 12.4. The summed E-state index contributed by atoms with van der Waals surface area (Å²) in [6, 6.07) is 18.3. The van der Waals surface area contributed by atoms with E-state index in [2.05, 4.69) is 24.3 Å². The predicted molar refractivity (Wildman–Crippen MR) is 86.3 cm³/mol. The second-order valence-corrected chi connectivity index (χ2v) is 6.47. The van der Waals surface area contributed by atoms with Crippen molar-refractivity contribution in [3.05, 3.63) is 60.2 Å². The van der Waals surface area contributed by atoms with Crippen LogP contribution < -0.4 is 0 Å². The Hall–Kier alpha value is -1.54. The van der Waals surface area contributed by atoms with Gasteiger partial charge in [-0.1, -0.05) is 61.0 Å². The first kappa shape index (κ1) is 13.4. The maximum absolute atomic E-state index is 12.4. The minimum Gasteiger partial charge on any atom is -0.293 e. The number of carbonyl (C=O) groups excluding carboxylic acids is 1. The lowest BCUT2D eigenvalue weighted by molar-refractivity contribution is 0.0985. The molecule has 2 heteroatoms. The van der Waals surface area contributed by atoms with Crippen molar-refractivity contribution in [1.29, 1.82) is 0 Å². The van der Waals surface area contributed by atoms with Gasteiger partial charge in [0, 0.05) is 5.56 Å². The molecule has 1 saturated heterocycles. The van der Waals surface area contributed by atoms with Gasteiger partial charge in [-0.25, -0.2) is 0 Å². The monoisotopic (exact) mass is 282 g/mol. The van der Waals surface area contributed by atoms with E-state index in [1.807, 2.05) is 42.1 Å². The van der Waals surface area contributed by atoms with E-state index < -0.39 is 0 Å². The van der Waals surface area contributed by atoms with Gasteiger partial charge in [-0.15, -0.1) is 0 Å². The standard InChI is InChI=1S/C18H18OS/c19-18(17-8-4-5-13-20-17)16-11-9-15(10-12-16)14-6-2-1-3-7-14/h1-3,6-7,9-12,17H,4-5,8,13H2. The zero-order chi connectivity index (χ0) is 13.8. The normalized spacial score (nSPS) is 18.7. The summed E-state index contributed by atoms with van der Waals surface area (Å²) in [7, 11) is 0. The zero-order valence-corrected chi connectivity index (χ0v) is 12.2. The minimum atomic E-state index is 0.173. The van der Waals surface area contributed by atoms with Gasteiger partial charge in [0.05, 0.1) is 5.25 Å². The van der Waals surface area contributed by atoms with Crippen molar-refractivity contribution in [1.82, 2.24) is 0 Å². The lowest BCUT2D eigenvalue weighted by Crippen LogP contribution is -2.20. The molecule has 1 unspecified atom stereocenters. The van der Waals surface area contributed by atoms with E-state index in [1.54, 1.807) is 0 Å². The first-order chi connectivity index (χ1) is 9.84. The molecule has 0 spiro atoms. The van der Waals surface area contributed by atoms with Gasteiger partial charge in [-0.2, -0.15) is 11.8 Å². The summed E-state index contributed by atoms with van der Waals surface area (Å²) in [6.45, 7) is 0. The molecule has 1 heterocycles. The molecule has 0 aliphatic carbocycles. The Balaban J connectivity index is 1.77. The third-order valence-corrected chi connectivity index (χ3v) is 5.13. The number of hydrogen-bond acceptors (Lipinski definition) is 2. The fraction of sp³-hybridized carbons (Fsp3) is 0.278. The van der Waals surface area contributed by atoms with Crippen molar-refractivity contribution < 1.29 is 4.79 Å². The third kappa shape index (κ3) is 2.96. The van der Waals surface area contributed by atoms with Crippen LogP contribution in [0.15, 0.2) is 54.6 Å². The molecule has 1 aliphatic heterocycles. The quantitative estimate of drug-likeness (QED) is 0.751. The summed E-state index contributed by atoms with van der Waals surface area (Å²) in [5.41, 5.74) is 3.21. The lowest BCUT2D eigenvalue weighted by atomic mass is 10.00. The molecule has 0 amide bonds. The van der Waals surface area contributed by atoms with Crippen LogP contribution in [0.2, 0.25) is 0 Å². The molecule has 0 aromatic heterocycles. The van der Waals surface area contributed by atoms with Crippen molar-refractivity contribution in [3.8, 4) is 11.1 Å². The first-order valence-electron chi connectivity index (χ1n) is 7.16. The lowest BCUT2D eigenvalue weighted by Gasteiger charge is -2.20. The van der Waals surface area contributed by atoms with Gasteiger partial charge in [-0.05, 0) is 29.7 Å². The van der Waals surface area contributed by atoms with Crippen LogP contribution in [0.5, 0.6) is 0 Å². The molecule has 1 nitrogen and oxygen atoms in total. The number of carbonyl (C=O) groups is 1. The van der Waals surface area contributed by atoms with Crippen LogP contribution in [0.4, 0.5) is 0 Å². The Bertz CT molecular complexity index is 568. The van der Waals surface area contributed by atoms with Crippen molar-refractivity contribution in [2.24, 2.45) is 0 Å². The maximum Gasteiger partial charge on any atom is 0.175 e. The van der Waals surface area contributed by atoms with E-state index in [-0.39, 0.29) is 5.25 Å². The number of rotatable bonds is 3. The van der Waals surface area contributed by atoms with Crippen LogP contribution in [0.25, 0.3) is 11.1 Å². The molecule has 1 aliphatic rings. The molecule has 3 rings (SSSR count). The third-order valence-electron chi connectivity index (χ3n) is 3.75. The van der Waals surface area contributed by atoms with E-state index in [4.69, 9.17) is 0 Å². The summed E-state index contributed by atoms with van der Waals surface area (Å²) < 4.78 is 0. The number of ketones is 1. The van der Waals surface area contributed by atoms with Crippen LogP contribution in [0.3, 0.4) is 0 Å². The highest BCUT2D eigenvalue weighted by Gasteiger charge is 2.22. The molecular weight excluding hydrogens is 264 g/mol. The van der Waals surface area contributed by atoms with Gasteiger partial charge in [-0.3, -0.25) is 4.79 Å². The van der Waals surface area contributed by atoms with Crippen LogP contribution in [0, 0.1) is 0 Å². The first-order valence-corrected chi connectivity index (χ1v) is 8.21. The van der Waals surface area contributed by atoms with Gasteiger partial charge < -0.3 is 0 Å². The van der Waals surface area contributed by atoms with E-state index in [9.17, 15) is 4.79 Å². The predicted octanol–water partition coefficient (Wildman–Crippen LogP) is 4.82. The fourth-order valence-corrected chi connectivity index (χ4v) is 3.87. The summed E-state index contributed by atoms with van der Waals surface area (Å²) in [5.74, 6) is 1.42. The van der Waals surface area contributed by atoms with Crippen LogP contribution in [-0.4, -0.2) is 16.8 Å². The zero-order valence-electron chi connectivity index (χ0n) is 11.4. The molecule has 0 radical (unpaired) electrons. The number of hydrogen-bond donors (Lipinski definition) is 0. The Labute approximate surface area is 124 Å². The number of benzene rings is 2. The molecule has 2 aromatic rings. The second-order valence-electron chi connectivity index (χ2n) is 5.16. The Kier molecular flexibility index (Phi) is 4.22. The highest BCUT2D eigenvalue weighted by atomic mass is 32.2. The number of Topliss-reactive ketones (excluding diaryl/α,β-unsaturated/α-hetero) is 1. The van der Waals surface area contributed by atoms with Gasteiger partial charge in [0.25, 0.3) is 0 Å². The average molecular weight is 282 g/mol. The second kappa shape index (κ2) is 6.27. The molecule has 0 saturated carbocycles. The van der Waals surface area contributed by atoms with E-state index >= 15 is 0 Å². The number of thioether (sulfide) groups is 1. The Morgan fingerprint density at radius 3 is 2.25 bits per heavy atom. The molecule has 102 valence electrons. The van der Waals surface area contributed by atoms with Gasteiger partial charge in [0.1, 0.15) is 0 Å². The van der Waals surface area contributed by atoms with Crippen molar-refractivity contribution in [2.75, 3.05) is 5.75 Å². The molecule has 0 N–H and O–H groups in total. The molecular formula is C18H18OS. The summed E-state index contributed by atoms with van der Waals surface area (Å²) in [4.78, 5) is 12.4.